The fraction of sp³-hybridized carbons (Fsp3) is 0.300. The van der Waals surface area contributed by atoms with Crippen molar-refractivity contribution in [2.45, 2.75) is 31.8 Å². The Morgan fingerprint density at radius 3 is 2.72 bits per heavy atom. The van der Waals surface area contributed by atoms with E-state index in [1.54, 1.807) is 14.0 Å². The van der Waals surface area contributed by atoms with Crippen molar-refractivity contribution in [2.75, 3.05) is 7.11 Å². The van der Waals surface area contributed by atoms with Crippen molar-refractivity contribution in [3.63, 3.8) is 0 Å². The molecule has 0 unspecified atom stereocenters. The molecule has 1 aliphatic rings. The minimum atomic E-state index is -0.979. The standard InChI is InChI=1S/C20H20N4O4S/c1-20(9-7-13-3-5-15(27-2)6-4-13)18(25)24(19(26)22-20)11-16-21-17(23-28-16)14-8-10-29-12-14/h3-6,8,10,12H,7,9,11H2,1-2H3,(H,22,26)/t20-/m0/s1. The Morgan fingerprint density at radius 2 is 2.03 bits per heavy atom. The summed E-state index contributed by atoms with van der Waals surface area (Å²) in [6.45, 7) is 1.68. The highest BCUT2D eigenvalue weighted by Crippen LogP contribution is 2.26. The second kappa shape index (κ2) is 7.67. The molecule has 4 rings (SSSR count). The van der Waals surface area contributed by atoms with E-state index < -0.39 is 11.6 Å². The van der Waals surface area contributed by atoms with Gasteiger partial charge in [-0.15, -0.1) is 0 Å². The van der Waals surface area contributed by atoms with Gasteiger partial charge in [-0.05, 0) is 48.9 Å². The van der Waals surface area contributed by atoms with Crippen LogP contribution in [0, 0.1) is 0 Å². The predicted octanol–water partition coefficient (Wildman–Crippen LogP) is 3.25. The van der Waals surface area contributed by atoms with E-state index in [2.05, 4.69) is 15.5 Å². The lowest BCUT2D eigenvalue weighted by Gasteiger charge is -2.21. The highest BCUT2D eigenvalue weighted by atomic mass is 32.1. The fourth-order valence-electron chi connectivity index (χ4n) is 3.21. The molecule has 8 nitrogen and oxygen atoms in total. The lowest BCUT2D eigenvalue weighted by molar-refractivity contribution is -0.131. The Morgan fingerprint density at radius 1 is 1.24 bits per heavy atom. The monoisotopic (exact) mass is 412 g/mol. The van der Waals surface area contributed by atoms with Crippen LogP contribution in [0.25, 0.3) is 11.4 Å². The summed E-state index contributed by atoms with van der Waals surface area (Å²) in [5.41, 5.74) is 0.920. The molecule has 1 aliphatic heterocycles. The molecular formula is C20H20N4O4S. The number of carbonyl (C=O) groups excluding carboxylic acids is 2. The normalized spacial score (nSPS) is 18.9. The maximum Gasteiger partial charge on any atom is 0.325 e. The molecule has 0 bridgehead atoms. The number of aryl methyl sites for hydroxylation is 1. The number of hydrogen-bond donors (Lipinski definition) is 1. The van der Waals surface area contributed by atoms with Crippen LogP contribution in [0.2, 0.25) is 0 Å². The lowest BCUT2D eigenvalue weighted by atomic mass is 9.93. The van der Waals surface area contributed by atoms with E-state index in [1.165, 1.54) is 11.3 Å². The number of imide groups is 1. The van der Waals surface area contributed by atoms with Gasteiger partial charge in [0.1, 0.15) is 17.8 Å². The summed E-state index contributed by atoms with van der Waals surface area (Å²) < 4.78 is 10.4. The number of thiophene rings is 1. The fourth-order valence-corrected chi connectivity index (χ4v) is 3.84. The Labute approximate surface area is 171 Å². The highest BCUT2D eigenvalue weighted by molar-refractivity contribution is 7.08. The first-order valence-corrected chi connectivity index (χ1v) is 10.0. The molecule has 3 amide bonds. The Hall–Kier alpha value is -3.20. The molecule has 0 radical (unpaired) electrons. The zero-order valence-electron chi connectivity index (χ0n) is 16.0. The number of hydrogen-bond acceptors (Lipinski definition) is 7. The molecule has 1 N–H and O–H groups in total. The van der Waals surface area contributed by atoms with Crippen LogP contribution in [-0.2, 0) is 17.8 Å². The number of carbonyl (C=O) groups is 2. The first-order valence-electron chi connectivity index (χ1n) is 9.11. The predicted molar refractivity (Wildman–Crippen MR) is 106 cm³/mol. The number of nitrogens with one attached hydrogen (secondary N) is 1. The molecule has 1 aromatic carbocycles. The van der Waals surface area contributed by atoms with E-state index in [4.69, 9.17) is 9.26 Å². The molecule has 9 heteroatoms. The Bertz CT molecular complexity index is 1020. The van der Waals surface area contributed by atoms with E-state index in [0.717, 1.165) is 21.8 Å². The molecule has 3 aromatic rings. The van der Waals surface area contributed by atoms with Gasteiger partial charge in [0.15, 0.2) is 0 Å². The number of rotatable bonds is 7. The molecule has 0 spiro atoms. The van der Waals surface area contributed by atoms with Gasteiger partial charge < -0.3 is 14.6 Å². The van der Waals surface area contributed by atoms with E-state index in [-0.39, 0.29) is 18.3 Å². The molecule has 3 heterocycles. The van der Waals surface area contributed by atoms with Gasteiger partial charge in [0.2, 0.25) is 11.7 Å². The number of aromatic nitrogens is 2. The number of methoxy groups -OCH3 is 1. The third-order valence-corrected chi connectivity index (χ3v) is 5.64. The van der Waals surface area contributed by atoms with E-state index in [1.807, 2.05) is 41.1 Å². The minimum absolute atomic E-state index is 0.0556. The van der Waals surface area contributed by atoms with Gasteiger partial charge in [0.25, 0.3) is 5.91 Å². The summed E-state index contributed by atoms with van der Waals surface area (Å²) in [5.74, 6) is 1.13. The maximum absolute atomic E-state index is 12.9. The average Bonchev–Trinajstić information content (AvgIpc) is 3.45. The molecule has 0 aliphatic carbocycles. The smallest absolute Gasteiger partial charge is 0.325 e. The summed E-state index contributed by atoms with van der Waals surface area (Å²) in [6, 6.07) is 9.07. The first-order chi connectivity index (χ1) is 14.0. The van der Waals surface area contributed by atoms with Crippen molar-refractivity contribution >= 4 is 23.3 Å². The van der Waals surface area contributed by atoms with Crippen LogP contribution in [0.1, 0.15) is 24.8 Å². The van der Waals surface area contributed by atoms with Gasteiger partial charge in [-0.3, -0.25) is 9.69 Å². The average molecular weight is 412 g/mol. The van der Waals surface area contributed by atoms with Gasteiger partial charge in [-0.25, -0.2) is 4.79 Å². The van der Waals surface area contributed by atoms with Crippen molar-refractivity contribution < 1.29 is 18.8 Å². The molecular weight excluding hydrogens is 392 g/mol. The zero-order valence-corrected chi connectivity index (χ0v) is 16.9. The number of ether oxygens (including phenoxy) is 1. The maximum atomic E-state index is 12.9. The molecule has 150 valence electrons. The Balaban J connectivity index is 1.42. The SMILES string of the molecule is COc1ccc(CC[C@]2(C)NC(=O)N(Cc3nc(-c4ccsc4)no3)C2=O)cc1. The summed E-state index contributed by atoms with van der Waals surface area (Å²) >= 11 is 1.53. The highest BCUT2D eigenvalue weighted by Gasteiger charge is 2.47. The van der Waals surface area contributed by atoms with Gasteiger partial charge in [0, 0.05) is 10.9 Å². The third kappa shape index (κ3) is 3.86. The summed E-state index contributed by atoms with van der Waals surface area (Å²) in [5, 5.41) is 10.5. The van der Waals surface area contributed by atoms with E-state index >= 15 is 0 Å². The molecule has 29 heavy (non-hydrogen) atoms. The van der Waals surface area contributed by atoms with Gasteiger partial charge in [-0.1, -0.05) is 17.3 Å². The van der Waals surface area contributed by atoms with Gasteiger partial charge in [-0.2, -0.15) is 16.3 Å². The van der Waals surface area contributed by atoms with Crippen molar-refractivity contribution in [3.8, 4) is 17.1 Å². The minimum Gasteiger partial charge on any atom is -0.497 e. The van der Waals surface area contributed by atoms with Crippen LogP contribution >= 0.6 is 11.3 Å². The van der Waals surface area contributed by atoms with Crippen LogP contribution < -0.4 is 10.1 Å². The largest absolute Gasteiger partial charge is 0.497 e. The van der Waals surface area contributed by atoms with Gasteiger partial charge >= 0.3 is 6.03 Å². The van der Waals surface area contributed by atoms with Crippen LogP contribution in [-0.4, -0.2) is 39.6 Å². The number of nitrogens with zero attached hydrogens (tertiary/aromatic N) is 3. The lowest BCUT2D eigenvalue weighted by Crippen LogP contribution is -2.44. The molecule has 1 saturated heterocycles. The summed E-state index contributed by atoms with van der Waals surface area (Å²) in [7, 11) is 1.62. The number of urea groups is 1. The quantitative estimate of drug-likeness (QED) is 0.598. The second-order valence-electron chi connectivity index (χ2n) is 7.03. The molecule has 1 fully saturated rings. The van der Waals surface area contributed by atoms with Crippen LogP contribution in [0.15, 0.2) is 45.6 Å². The Kier molecular flexibility index (Phi) is 5.06. The second-order valence-corrected chi connectivity index (χ2v) is 7.81. The van der Waals surface area contributed by atoms with Crippen molar-refractivity contribution in [2.24, 2.45) is 0 Å². The molecule has 2 aromatic heterocycles. The summed E-state index contributed by atoms with van der Waals surface area (Å²) in [6.07, 6.45) is 1.12. The summed E-state index contributed by atoms with van der Waals surface area (Å²) in [4.78, 5) is 30.8. The van der Waals surface area contributed by atoms with Gasteiger partial charge in [0.05, 0.1) is 7.11 Å². The van der Waals surface area contributed by atoms with Crippen LogP contribution in [0.4, 0.5) is 4.79 Å². The van der Waals surface area contributed by atoms with Crippen molar-refractivity contribution in [1.82, 2.24) is 20.4 Å². The molecule has 1 atom stereocenters. The first kappa shape index (κ1) is 19.1. The van der Waals surface area contributed by atoms with Crippen molar-refractivity contribution in [3.05, 3.63) is 52.5 Å². The number of benzene rings is 1. The zero-order chi connectivity index (χ0) is 20.4. The number of amides is 3. The van der Waals surface area contributed by atoms with Crippen LogP contribution in [0.3, 0.4) is 0 Å². The molecule has 0 saturated carbocycles. The van der Waals surface area contributed by atoms with E-state index in [0.29, 0.717) is 18.7 Å². The topological polar surface area (TPSA) is 97.6 Å². The van der Waals surface area contributed by atoms with E-state index in [9.17, 15) is 9.59 Å². The van der Waals surface area contributed by atoms with Crippen molar-refractivity contribution in [1.29, 1.82) is 0 Å². The third-order valence-electron chi connectivity index (χ3n) is 4.96. The van der Waals surface area contributed by atoms with Crippen LogP contribution in [0.5, 0.6) is 5.75 Å².